The number of aromatic amines is 1. The fourth-order valence-corrected chi connectivity index (χ4v) is 3.59. The van der Waals surface area contributed by atoms with E-state index in [1.54, 1.807) is 0 Å². The number of nitrogens with zero attached hydrogens (tertiary/aromatic N) is 4. The molecule has 3 aromatic rings. The van der Waals surface area contributed by atoms with Crippen LogP contribution >= 0.6 is 23.4 Å². The van der Waals surface area contributed by atoms with Crippen LogP contribution in [0.1, 0.15) is 23.4 Å². The van der Waals surface area contributed by atoms with Gasteiger partial charge < -0.3 is 15.6 Å². The van der Waals surface area contributed by atoms with Crippen LogP contribution in [0.5, 0.6) is 0 Å². The summed E-state index contributed by atoms with van der Waals surface area (Å²) in [7, 11) is 4.11. The number of pyridine rings is 1. The van der Waals surface area contributed by atoms with Crippen molar-refractivity contribution in [1.82, 2.24) is 24.8 Å². The topological polar surface area (TPSA) is 83.7 Å². The van der Waals surface area contributed by atoms with Crippen molar-refractivity contribution in [2.24, 2.45) is 0 Å². The number of thioether (sulfide) groups is 1. The van der Waals surface area contributed by atoms with Gasteiger partial charge in [0, 0.05) is 24.2 Å². The van der Waals surface area contributed by atoms with Gasteiger partial charge in [0.15, 0.2) is 5.16 Å². The van der Waals surface area contributed by atoms with Crippen molar-refractivity contribution >= 4 is 40.1 Å². The van der Waals surface area contributed by atoms with Gasteiger partial charge in [-0.15, -0.1) is 0 Å². The Morgan fingerprint density at radius 3 is 2.83 bits per heavy atom. The molecule has 0 radical (unpaired) electrons. The lowest BCUT2D eigenvalue weighted by Crippen LogP contribution is -2.10. The fraction of sp³-hybridized carbons (Fsp3) is 0.312. The van der Waals surface area contributed by atoms with E-state index in [0.717, 1.165) is 17.8 Å². The highest BCUT2D eigenvalue weighted by molar-refractivity contribution is 7.99. The van der Waals surface area contributed by atoms with E-state index in [-0.39, 0.29) is 5.25 Å². The van der Waals surface area contributed by atoms with Crippen LogP contribution in [-0.4, -0.2) is 38.9 Å². The molecule has 1 unspecified atom stereocenters. The molecule has 6 nitrogen and oxygen atoms in total. The summed E-state index contributed by atoms with van der Waals surface area (Å²) in [6.07, 6.45) is 3.91. The van der Waals surface area contributed by atoms with Crippen molar-refractivity contribution in [3.05, 3.63) is 40.9 Å². The first kappa shape index (κ1) is 17.0. The number of anilines is 1. The summed E-state index contributed by atoms with van der Waals surface area (Å²) in [6.45, 7) is 2.94. The molecule has 3 N–H and O–H groups in total. The molecule has 0 aromatic carbocycles. The van der Waals surface area contributed by atoms with Crippen molar-refractivity contribution in [2.75, 3.05) is 19.8 Å². The minimum atomic E-state index is 0.0781. The molecule has 8 heteroatoms. The van der Waals surface area contributed by atoms with Crippen LogP contribution < -0.4 is 5.73 Å². The van der Waals surface area contributed by atoms with Gasteiger partial charge in [-0.05, 0) is 32.6 Å². The SMILES string of the molecule is CC(Sc1nc(N)cc(Cl)n1)c1cc2c(CN(C)C)c[nH]c2cn1. The number of aromatic nitrogens is 4. The minimum Gasteiger partial charge on any atom is -0.384 e. The lowest BCUT2D eigenvalue weighted by Gasteiger charge is -2.11. The zero-order valence-electron chi connectivity index (χ0n) is 13.7. The van der Waals surface area contributed by atoms with E-state index in [4.69, 9.17) is 17.3 Å². The number of nitrogen functional groups attached to an aromatic ring is 1. The molecule has 126 valence electrons. The number of nitrogens with two attached hydrogens (primary N) is 1. The lowest BCUT2D eigenvalue weighted by atomic mass is 10.1. The third kappa shape index (κ3) is 3.80. The second-order valence-corrected chi connectivity index (χ2v) is 7.56. The lowest BCUT2D eigenvalue weighted by molar-refractivity contribution is 0.404. The fourth-order valence-electron chi connectivity index (χ4n) is 2.47. The van der Waals surface area contributed by atoms with Gasteiger partial charge >= 0.3 is 0 Å². The van der Waals surface area contributed by atoms with Crippen molar-refractivity contribution in [3.8, 4) is 0 Å². The zero-order chi connectivity index (χ0) is 17.3. The van der Waals surface area contributed by atoms with Crippen LogP contribution in [0.4, 0.5) is 5.82 Å². The van der Waals surface area contributed by atoms with Crippen molar-refractivity contribution in [1.29, 1.82) is 0 Å². The van der Waals surface area contributed by atoms with Gasteiger partial charge in [0.05, 0.1) is 22.7 Å². The Morgan fingerprint density at radius 2 is 2.12 bits per heavy atom. The molecule has 24 heavy (non-hydrogen) atoms. The molecule has 0 amide bonds. The Bertz CT molecular complexity index is 843. The molecule has 0 aliphatic carbocycles. The third-order valence-corrected chi connectivity index (χ3v) is 4.73. The summed E-state index contributed by atoms with van der Waals surface area (Å²) in [6, 6.07) is 3.66. The average molecular weight is 363 g/mol. The monoisotopic (exact) mass is 362 g/mol. The van der Waals surface area contributed by atoms with Gasteiger partial charge in [-0.25, -0.2) is 9.97 Å². The molecule has 0 saturated carbocycles. The Morgan fingerprint density at radius 1 is 1.33 bits per heavy atom. The van der Waals surface area contributed by atoms with E-state index in [0.29, 0.717) is 16.1 Å². The minimum absolute atomic E-state index is 0.0781. The van der Waals surface area contributed by atoms with Crippen LogP contribution in [0.2, 0.25) is 5.15 Å². The molecule has 0 aliphatic heterocycles. The molecule has 0 spiro atoms. The number of fused-ring (bicyclic) bond motifs is 1. The van der Waals surface area contributed by atoms with Crippen LogP contribution in [0.15, 0.2) is 29.7 Å². The second kappa shape index (κ2) is 6.96. The number of halogens is 1. The highest BCUT2D eigenvalue weighted by atomic mass is 35.5. The number of nitrogens with one attached hydrogen (secondary N) is 1. The van der Waals surface area contributed by atoms with Gasteiger partial charge in [0.2, 0.25) is 0 Å². The molecule has 0 fully saturated rings. The van der Waals surface area contributed by atoms with Gasteiger partial charge in [-0.1, -0.05) is 23.4 Å². The number of H-pyrrole nitrogens is 1. The van der Waals surface area contributed by atoms with Crippen LogP contribution in [0.3, 0.4) is 0 Å². The first-order valence-electron chi connectivity index (χ1n) is 7.49. The predicted octanol–water partition coefficient (Wildman–Crippen LogP) is 3.50. The number of rotatable bonds is 5. The Balaban J connectivity index is 1.87. The predicted molar refractivity (Wildman–Crippen MR) is 99.2 cm³/mol. The summed E-state index contributed by atoms with van der Waals surface area (Å²) in [4.78, 5) is 18.4. The standard InChI is InChI=1S/C16H19ClN6S/c1-9(24-16-21-14(17)5-15(18)22-16)12-4-11-10(8-23(2)3)6-19-13(11)7-20-12/h4-7,9,19H,8H2,1-3H3,(H2,18,21,22). The van der Waals surface area contributed by atoms with E-state index < -0.39 is 0 Å². The summed E-state index contributed by atoms with van der Waals surface area (Å²) < 4.78 is 0. The first-order chi connectivity index (χ1) is 11.4. The third-order valence-electron chi connectivity index (χ3n) is 3.55. The van der Waals surface area contributed by atoms with Gasteiger partial charge in [-0.2, -0.15) is 0 Å². The quantitative estimate of drug-likeness (QED) is 0.410. The van der Waals surface area contributed by atoms with E-state index >= 15 is 0 Å². The smallest absolute Gasteiger partial charge is 0.191 e. The summed E-state index contributed by atoms with van der Waals surface area (Å²) in [5.74, 6) is 0.368. The maximum Gasteiger partial charge on any atom is 0.191 e. The van der Waals surface area contributed by atoms with Gasteiger partial charge in [0.25, 0.3) is 0 Å². The van der Waals surface area contributed by atoms with Crippen LogP contribution in [-0.2, 0) is 6.54 Å². The summed E-state index contributed by atoms with van der Waals surface area (Å²) >= 11 is 7.43. The zero-order valence-corrected chi connectivity index (χ0v) is 15.3. The molecule has 0 aliphatic rings. The molecule has 3 rings (SSSR count). The van der Waals surface area contributed by atoms with Crippen molar-refractivity contribution in [2.45, 2.75) is 23.9 Å². The first-order valence-corrected chi connectivity index (χ1v) is 8.75. The van der Waals surface area contributed by atoms with Crippen molar-refractivity contribution < 1.29 is 0 Å². The highest BCUT2D eigenvalue weighted by Crippen LogP contribution is 2.34. The molecule has 0 saturated heterocycles. The Kier molecular flexibility index (Phi) is 4.93. The molecule has 3 heterocycles. The van der Waals surface area contributed by atoms with Gasteiger partial charge in [0.1, 0.15) is 11.0 Å². The van der Waals surface area contributed by atoms with Crippen LogP contribution in [0, 0.1) is 0 Å². The van der Waals surface area contributed by atoms with Crippen molar-refractivity contribution in [3.63, 3.8) is 0 Å². The van der Waals surface area contributed by atoms with E-state index in [2.05, 4.69) is 51.9 Å². The average Bonchev–Trinajstić information content (AvgIpc) is 2.88. The van der Waals surface area contributed by atoms with E-state index in [9.17, 15) is 0 Å². The maximum atomic E-state index is 5.94. The number of hydrogen-bond acceptors (Lipinski definition) is 6. The highest BCUT2D eigenvalue weighted by Gasteiger charge is 2.14. The molecule has 3 aromatic heterocycles. The Labute approximate surface area is 149 Å². The largest absolute Gasteiger partial charge is 0.384 e. The molecular formula is C16H19ClN6S. The molecular weight excluding hydrogens is 344 g/mol. The summed E-state index contributed by atoms with van der Waals surface area (Å²) in [5, 5.41) is 2.17. The van der Waals surface area contributed by atoms with Crippen LogP contribution in [0.25, 0.3) is 10.9 Å². The molecule has 1 atom stereocenters. The second-order valence-electron chi connectivity index (χ2n) is 5.86. The molecule has 0 bridgehead atoms. The van der Waals surface area contributed by atoms with E-state index in [1.165, 1.54) is 28.8 Å². The maximum absolute atomic E-state index is 5.94. The normalized spacial score (nSPS) is 12.9. The summed E-state index contributed by atoms with van der Waals surface area (Å²) in [5.41, 5.74) is 8.98. The number of hydrogen-bond donors (Lipinski definition) is 2. The van der Waals surface area contributed by atoms with Gasteiger partial charge in [-0.3, -0.25) is 4.98 Å². The Hall–Kier alpha value is -1.83. The van der Waals surface area contributed by atoms with E-state index in [1.807, 2.05) is 12.4 Å².